The van der Waals surface area contributed by atoms with E-state index in [1.807, 2.05) is 49.4 Å². The van der Waals surface area contributed by atoms with Crippen molar-refractivity contribution in [3.8, 4) is 5.75 Å². The molecule has 3 nitrogen and oxygen atoms in total. The van der Waals surface area contributed by atoms with Gasteiger partial charge in [-0.3, -0.25) is 4.79 Å². The van der Waals surface area contributed by atoms with Crippen LogP contribution in [-0.2, 0) is 0 Å². The minimum Gasteiger partial charge on any atom is -0.507 e. The molecule has 0 bridgehead atoms. The van der Waals surface area contributed by atoms with E-state index in [2.05, 4.69) is 5.32 Å². The van der Waals surface area contributed by atoms with Crippen LogP contribution in [-0.4, -0.2) is 11.0 Å². The normalized spacial score (nSPS) is 10.5. The number of aryl methyl sites for hydroxylation is 1. The van der Waals surface area contributed by atoms with Gasteiger partial charge in [-0.05, 0) is 31.2 Å². The third-order valence-corrected chi connectivity index (χ3v) is 3.43. The molecule has 2 N–H and O–H groups in total. The molecule has 0 aromatic heterocycles. The topological polar surface area (TPSA) is 49.3 Å². The van der Waals surface area contributed by atoms with Gasteiger partial charge in [-0.2, -0.15) is 0 Å². The van der Waals surface area contributed by atoms with Gasteiger partial charge in [0.15, 0.2) is 0 Å². The molecule has 104 valence electrons. The van der Waals surface area contributed by atoms with Crippen molar-refractivity contribution in [3.63, 3.8) is 0 Å². The molecule has 0 aliphatic heterocycles. The summed E-state index contributed by atoms with van der Waals surface area (Å²) in [6.07, 6.45) is 0. The molecule has 0 radical (unpaired) electrons. The Morgan fingerprint density at radius 1 is 0.952 bits per heavy atom. The van der Waals surface area contributed by atoms with E-state index in [0.717, 1.165) is 16.3 Å². The van der Waals surface area contributed by atoms with Gasteiger partial charge in [0.2, 0.25) is 0 Å². The van der Waals surface area contributed by atoms with Crippen LogP contribution >= 0.6 is 0 Å². The maximum atomic E-state index is 12.3. The zero-order valence-corrected chi connectivity index (χ0v) is 11.6. The number of phenolic OH excluding ortho intramolecular Hbond substituents is 1. The van der Waals surface area contributed by atoms with Gasteiger partial charge in [0, 0.05) is 22.0 Å². The van der Waals surface area contributed by atoms with Crippen molar-refractivity contribution < 1.29 is 9.90 Å². The standard InChI is InChI=1S/C18H15NO2/c1-12-5-2-6-13(11-12)18(21)19-16-9-3-8-15-14(16)7-4-10-17(15)20/h2-11,20H,1H3,(H,19,21). The van der Waals surface area contributed by atoms with E-state index >= 15 is 0 Å². The third-order valence-electron chi connectivity index (χ3n) is 3.43. The number of carbonyl (C=O) groups excluding carboxylic acids is 1. The highest BCUT2D eigenvalue weighted by atomic mass is 16.3. The van der Waals surface area contributed by atoms with Crippen molar-refractivity contribution in [2.24, 2.45) is 0 Å². The predicted octanol–water partition coefficient (Wildman–Crippen LogP) is 4.11. The minimum atomic E-state index is -0.158. The summed E-state index contributed by atoms with van der Waals surface area (Å²) in [5.74, 6) is 0.0497. The summed E-state index contributed by atoms with van der Waals surface area (Å²) in [6.45, 7) is 1.95. The Bertz CT molecular complexity index is 824. The lowest BCUT2D eigenvalue weighted by atomic mass is 10.1. The van der Waals surface area contributed by atoms with Crippen LogP contribution < -0.4 is 5.32 Å². The SMILES string of the molecule is Cc1cccc(C(=O)Nc2cccc3c(O)cccc23)c1. The molecule has 3 aromatic rings. The average molecular weight is 277 g/mol. The van der Waals surface area contributed by atoms with E-state index in [1.165, 1.54) is 0 Å². The van der Waals surface area contributed by atoms with Gasteiger partial charge in [-0.25, -0.2) is 0 Å². The molecule has 0 heterocycles. The Balaban J connectivity index is 1.99. The molecule has 3 heteroatoms. The quantitative estimate of drug-likeness (QED) is 0.740. The Morgan fingerprint density at radius 3 is 2.48 bits per heavy atom. The van der Waals surface area contributed by atoms with E-state index in [-0.39, 0.29) is 11.7 Å². The second-order valence-corrected chi connectivity index (χ2v) is 5.00. The second-order valence-electron chi connectivity index (χ2n) is 5.00. The smallest absolute Gasteiger partial charge is 0.255 e. The number of amides is 1. The lowest BCUT2D eigenvalue weighted by molar-refractivity contribution is 0.102. The van der Waals surface area contributed by atoms with Gasteiger partial charge < -0.3 is 10.4 Å². The maximum absolute atomic E-state index is 12.3. The summed E-state index contributed by atoms with van der Waals surface area (Å²) in [5.41, 5.74) is 2.35. The highest BCUT2D eigenvalue weighted by Crippen LogP contribution is 2.30. The van der Waals surface area contributed by atoms with E-state index in [4.69, 9.17) is 0 Å². The lowest BCUT2D eigenvalue weighted by Gasteiger charge is -2.10. The van der Waals surface area contributed by atoms with Crippen molar-refractivity contribution in [1.29, 1.82) is 0 Å². The van der Waals surface area contributed by atoms with E-state index in [9.17, 15) is 9.90 Å². The highest BCUT2D eigenvalue weighted by Gasteiger charge is 2.09. The number of anilines is 1. The maximum Gasteiger partial charge on any atom is 0.255 e. The van der Waals surface area contributed by atoms with Crippen molar-refractivity contribution in [1.82, 2.24) is 0 Å². The molecule has 0 spiro atoms. The molecule has 0 saturated carbocycles. The average Bonchev–Trinajstić information content (AvgIpc) is 2.48. The third kappa shape index (κ3) is 2.58. The van der Waals surface area contributed by atoms with Crippen LogP contribution in [0.2, 0.25) is 0 Å². The largest absolute Gasteiger partial charge is 0.507 e. The number of aromatic hydroxyl groups is 1. The summed E-state index contributed by atoms with van der Waals surface area (Å²) < 4.78 is 0. The summed E-state index contributed by atoms with van der Waals surface area (Å²) in [4.78, 5) is 12.3. The Hall–Kier alpha value is -2.81. The molecule has 3 aromatic carbocycles. The van der Waals surface area contributed by atoms with Crippen molar-refractivity contribution >= 4 is 22.4 Å². The number of carbonyl (C=O) groups is 1. The summed E-state index contributed by atoms with van der Waals surface area (Å²) >= 11 is 0. The summed E-state index contributed by atoms with van der Waals surface area (Å²) in [6, 6.07) is 18.2. The molecular weight excluding hydrogens is 262 g/mol. The van der Waals surface area contributed by atoms with Gasteiger partial charge in [-0.15, -0.1) is 0 Å². The molecule has 0 saturated heterocycles. The predicted molar refractivity (Wildman–Crippen MR) is 84.7 cm³/mol. The fourth-order valence-electron chi connectivity index (χ4n) is 2.38. The van der Waals surface area contributed by atoms with Crippen LogP contribution in [0.5, 0.6) is 5.75 Å². The summed E-state index contributed by atoms with van der Waals surface area (Å²) in [5, 5.41) is 14.3. The lowest BCUT2D eigenvalue weighted by Crippen LogP contribution is -2.12. The van der Waals surface area contributed by atoms with E-state index in [1.54, 1.807) is 18.2 Å². The molecular formula is C18H15NO2. The first kappa shape index (κ1) is 13.2. The second kappa shape index (κ2) is 5.29. The fourth-order valence-corrected chi connectivity index (χ4v) is 2.38. The minimum absolute atomic E-state index is 0.158. The number of hydrogen-bond donors (Lipinski definition) is 2. The zero-order chi connectivity index (χ0) is 14.8. The first-order valence-electron chi connectivity index (χ1n) is 6.74. The van der Waals surface area contributed by atoms with Crippen LogP contribution in [0.4, 0.5) is 5.69 Å². The Morgan fingerprint density at radius 2 is 1.67 bits per heavy atom. The van der Waals surface area contributed by atoms with E-state index in [0.29, 0.717) is 11.3 Å². The zero-order valence-electron chi connectivity index (χ0n) is 11.6. The van der Waals surface area contributed by atoms with Gasteiger partial charge in [0.1, 0.15) is 5.75 Å². The molecule has 0 aliphatic carbocycles. The van der Waals surface area contributed by atoms with Crippen LogP contribution in [0.3, 0.4) is 0 Å². The Labute approximate surface area is 122 Å². The van der Waals surface area contributed by atoms with E-state index < -0.39 is 0 Å². The molecule has 21 heavy (non-hydrogen) atoms. The first-order chi connectivity index (χ1) is 10.1. The summed E-state index contributed by atoms with van der Waals surface area (Å²) in [7, 11) is 0. The monoisotopic (exact) mass is 277 g/mol. The van der Waals surface area contributed by atoms with Crippen LogP contribution in [0.15, 0.2) is 60.7 Å². The number of phenols is 1. The number of nitrogens with one attached hydrogen (secondary N) is 1. The van der Waals surface area contributed by atoms with Crippen molar-refractivity contribution in [2.75, 3.05) is 5.32 Å². The van der Waals surface area contributed by atoms with Gasteiger partial charge in [-0.1, -0.05) is 42.0 Å². The molecule has 0 unspecified atom stereocenters. The molecule has 3 rings (SSSR count). The number of rotatable bonds is 2. The molecule has 0 atom stereocenters. The van der Waals surface area contributed by atoms with Gasteiger partial charge in [0.25, 0.3) is 5.91 Å². The first-order valence-corrected chi connectivity index (χ1v) is 6.74. The molecule has 0 aliphatic rings. The van der Waals surface area contributed by atoms with Crippen molar-refractivity contribution in [3.05, 3.63) is 71.8 Å². The van der Waals surface area contributed by atoms with Crippen LogP contribution in [0.25, 0.3) is 10.8 Å². The van der Waals surface area contributed by atoms with Gasteiger partial charge >= 0.3 is 0 Å². The molecule has 0 fully saturated rings. The van der Waals surface area contributed by atoms with Crippen molar-refractivity contribution in [2.45, 2.75) is 6.92 Å². The molecule has 1 amide bonds. The Kier molecular flexibility index (Phi) is 3.32. The number of fused-ring (bicyclic) bond motifs is 1. The van der Waals surface area contributed by atoms with Crippen LogP contribution in [0, 0.1) is 6.92 Å². The van der Waals surface area contributed by atoms with Gasteiger partial charge in [0.05, 0.1) is 0 Å². The van der Waals surface area contributed by atoms with Crippen LogP contribution in [0.1, 0.15) is 15.9 Å². The highest BCUT2D eigenvalue weighted by molar-refractivity contribution is 6.09. The number of benzene rings is 3. The number of hydrogen-bond acceptors (Lipinski definition) is 2. The fraction of sp³-hybridized carbons (Fsp3) is 0.0556.